The van der Waals surface area contributed by atoms with Crippen LogP contribution in [0.15, 0.2) is 48.7 Å². The number of aromatic nitrogens is 1. The molecule has 3 aromatic rings. The van der Waals surface area contributed by atoms with E-state index in [9.17, 15) is 31.5 Å². The maximum atomic E-state index is 13.7. The fraction of sp³-hybridized carbons (Fsp3) is 0.0952. The van der Waals surface area contributed by atoms with Crippen molar-refractivity contribution in [1.82, 2.24) is 10.3 Å². The highest BCUT2D eigenvalue weighted by Gasteiger charge is 2.32. The van der Waals surface area contributed by atoms with Crippen molar-refractivity contribution < 1.29 is 31.5 Å². The summed E-state index contributed by atoms with van der Waals surface area (Å²) in [6.07, 6.45) is -3.73. The van der Waals surface area contributed by atoms with Gasteiger partial charge in [-0.2, -0.15) is 13.2 Å². The number of benzene rings is 2. The Labute approximate surface area is 188 Å². The molecule has 12 heteroatoms. The molecule has 0 bridgehead atoms. The van der Waals surface area contributed by atoms with Gasteiger partial charge >= 0.3 is 6.18 Å². The molecule has 2 amide bonds. The summed E-state index contributed by atoms with van der Waals surface area (Å²) < 4.78 is 66.3. The Morgan fingerprint density at radius 2 is 1.64 bits per heavy atom. The third-order valence-corrected chi connectivity index (χ3v) is 4.62. The van der Waals surface area contributed by atoms with Crippen molar-refractivity contribution in [3.05, 3.63) is 82.0 Å². The van der Waals surface area contributed by atoms with Crippen LogP contribution in [0.5, 0.6) is 0 Å². The van der Waals surface area contributed by atoms with Crippen molar-refractivity contribution >= 4 is 40.6 Å². The molecule has 0 aliphatic carbocycles. The van der Waals surface area contributed by atoms with E-state index in [0.29, 0.717) is 12.1 Å². The van der Waals surface area contributed by atoms with E-state index in [1.54, 1.807) is 0 Å². The summed E-state index contributed by atoms with van der Waals surface area (Å²) in [6.45, 7) is 0. The summed E-state index contributed by atoms with van der Waals surface area (Å²) in [5.41, 5.74) is -2.06. The van der Waals surface area contributed by atoms with E-state index in [0.717, 1.165) is 18.3 Å². The van der Waals surface area contributed by atoms with Gasteiger partial charge < -0.3 is 16.0 Å². The maximum absolute atomic E-state index is 13.7. The van der Waals surface area contributed by atoms with Crippen LogP contribution in [0, 0.1) is 11.6 Å². The van der Waals surface area contributed by atoms with Crippen LogP contribution in [-0.2, 0) is 6.18 Å². The van der Waals surface area contributed by atoms with Crippen LogP contribution in [0.1, 0.15) is 26.3 Å². The fourth-order valence-electron chi connectivity index (χ4n) is 2.73. The average Bonchev–Trinajstić information content (AvgIpc) is 2.75. The second-order valence-electron chi connectivity index (χ2n) is 6.63. The van der Waals surface area contributed by atoms with E-state index < -0.39 is 40.8 Å². The van der Waals surface area contributed by atoms with Gasteiger partial charge in [0, 0.05) is 18.8 Å². The van der Waals surface area contributed by atoms with Crippen LogP contribution < -0.4 is 16.0 Å². The average molecular weight is 485 g/mol. The number of carbonyl (C=O) groups is 2. The standard InChI is InChI=1S/C21H14ClF5N4O2/c1-28-19(32)11-6-17(18(29-9-11)30-16-8-13(23)2-3-15(16)22)31-20(33)10-4-12(21(25,26)27)7-14(24)5-10/h2-9H,1H3,(H,28,32)(H,29,30)(H,31,33). The second kappa shape index (κ2) is 9.41. The zero-order valence-electron chi connectivity index (χ0n) is 16.7. The molecule has 0 aliphatic heterocycles. The molecule has 0 saturated carbocycles. The van der Waals surface area contributed by atoms with Gasteiger partial charge in [0.15, 0.2) is 5.82 Å². The van der Waals surface area contributed by atoms with Gasteiger partial charge in [-0.15, -0.1) is 0 Å². The Morgan fingerprint density at radius 1 is 0.909 bits per heavy atom. The molecule has 2 aromatic carbocycles. The first-order chi connectivity index (χ1) is 15.5. The smallest absolute Gasteiger partial charge is 0.355 e. The van der Waals surface area contributed by atoms with Crippen LogP contribution in [-0.4, -0.2) is 23.8 Å². The van der Waals surface area contributed by atoms with E-state index >= 15 is 0 Å². The Morgan fingerprint density at radius 3 is 2.30 bits per heavy atom. The number of hydrogen-bond donors (Lipinski definition) is 3. The second-order valence-corrected chi connectivity index (χ2v) is 7.04. The van der Waals surface area contributed by atoms with Crippen molar-refractivity contribution in [2.75, 3.05) is 17.7 Å². The monoisotopic (exact) mass is 484 g/mol. The minimum Gasteiger partial charge on any atom is -0.355 e. The Balaban J connectivity index is 2.01. The molecule has 3 rings (SSSR count). The van der Waals surface area contributed by atoms with Gasteiger partial charge in [-0.1, -0.05) is 11.6 Å². The molecule has 6 nitrogen and oxygen atoms in total. The minimum atomic E-state index is -4.88. The molecule has 0 aliphatic rings. The van der Waals surface area contributed by atoms with Crippen molar-refractivity contribution in [3.63, 3.8) is 0 Å². The zero-order chi connectivity index (χ0) is 24.3. The molecule has 1 aromatic heterocycles. The molecule has 0 fully saturated rings. The predicted molar refractivity (Wildman–Crippen MR) is 112 cm³/mol. The van der Waals surface area contributed by atoms with Gasteiger partial charge in [-0.25, -0.2) is 13.8 Å². The Bertz CT molecular complexity index is 1230. The van der Waals surface area contributed by atoms with Crippen molar-refractivity contribution in [2.24, 2.45) is 0 Å². The number of anilines is 3. The molecular formula is C21H14ClF5N4O2. The zero-order valence-corrected chi connectivity index (χ0v) is 17.4. The summed E-state index contributed by atoms with van der Waals surface area (Å²) >= 11 is 6.03. The highest BCUT2D eigenvalue weighted by molar-refractivity contribution is 6.33. The lowest BCUT2D eigenvalue weighted by molar-refractivity contribution is -0.137. The number of pyridine rings is 1. The first-order valence-corrected chi connectivity index (χ1v) is 9.49. The number of amides is 2. The van der Waals surface area contributed by atoms with Crippen LogP contribution in [0.3, 0.4) is 0 Å². The molecule has 172 valence electrons. The maximum Gasteiger partial charge on any atom is 0.416 e. The van der Waals surface area contributed by atoms with Gasteiger partial charge in [-0.05, 0) is 42.5 Å². The molecule has 33 heavy (non-hydrogen) atoms. The van der Waals surface area contributed by atoms with E-state index in [1.165, 1.54) is 19.2 Å². The quantitative estimate of drug-likeness (QED) is 0.424. The molecule has 3 N–H and O–H groups in total. The lowest BCUT2D eigenvalue weighted by Gasteiger charge is -2.15. The molecule has 0 radical (unpaired) electrons. The normalized spacial score (nSPS) is 11.1. The van der Waals surface area contributed by atoms with Crippen molar-refractivity contribution in [3.8, 4) is 0 Å². The number of alkyl halides is 3. The van der Waals surface area contributed by atoms with Gasteiger partial charge in [-0.3, -0.25) is 9.59 Å². The summed E-state index contributed by atoms with van der Waals surface area (Å²) in [5, 5.41) is 7.43. The SMILES string of the molecule is CNC(=O)c1cnc(Nc2cc(F)ccc2Cl)c(NC(=O)c2cc(F)cc(C(F)(F)F)c2)c1. The number of halogens is 6. The highest BCUT2D eigenvalue weighted by atomic mass is 35.5. The largest absolute Gasteiger partial charge is 0.416 e. The topological polar surface area (TPSA) is 83.1 Å². The van der Waals surface area contributed by atoms with Crippen LogP contribution in [0.4, 0.5) is 39.1 Å². The molecule has 1 heterocycles. The van der Waals surface area contributed by atoms with Crippen molar-refractivity contribution in [1.29, 1.82) is 0 Å². The van der Waals surface area contributed by atoms with Gasteiger partial charge in [0.05, 0.1) is 27.5 Å². The minimum absolute atomic E-state index is 0.00101. The predicted octanol–water partition coefficient (Wildman–Crippen LogP) is 5.39. The van der Waals surface area contributed by atoms with Gasteiger partial charge in [0.2, 0.25) is 0 Å². The van der Waals surface area contributed by atoms with E-state index in [1.807, 2.05) is 0 Å². The first-order valence-electron chi connectivity index (χ1n) is 9.11. The molecule has 0 unspecified atom stereocenters. The molecule has 0 saturated heterocycles. The molecule has 0 atom stereocenters. The third kappa shape index (κ3) is 5.75. The fourth-order valence-corrected chi connectivity index (χ4v) is 2.89. The lowest BCUT2D eigenvalue weighted by atomic mass is 10.1. The number of carbonyl (C=O) groups excluding carboxylic acids is 2. The van der Waals surface area contributed by atoms with E-state index in [2.05, 4.69) is 20.9 Å². The van der Waals surface area contributed by atoms with Gasteiger partial charge in [0.25, 0.3) is 11.8 Å². The van der Waals surface area contributed by atoms with Crippen LogP contribution >= 0.6 is 11.6 Å². The lowest BCUT2D eigenvalue weighted by Crippen LogP contribution is -2.20. The van der Waals surface area contributed by atoms with E-state index in [4.69, 9.17) is 11.6 Å². The first kappa shape index (κ1) is 23.9. The Kier molecular flexibility index (Phi) is 6.82. The summed E-state index contributed by atoms with van der Waals surface area (Å²) in [7, 11) is 1.35. The van der Waals surface area contributed by atoms with Crippen molar-refractivity contribution in [2.45, 2.75) is 6.18 Å². The highest BCUT2D eigenvalue weighted by Crippen LogP contribution is 2.32. The van der Waals surface area contributed by atoms with Crippen LogP contribution in [0.25, 0.3) is 0 Å². The summed E-state index contributed by atoms with van der Waals surface area (Å²) in [4.78, 5) is 28.6. The number of nitrogens with zero attached hydrogens (tertiary/aromatic N) is 1. The summed E-state index contributed by atoms with van der Waals surface area (Å²) in [6, 6.07) is 5.96. The molecule has 0 spiro atoms. The molecular weight excluding hydrogens is 471 g/mol. The van der Waals surface area contributed by atoms with Crippen LogP contribution in [0.2, 0.25) is 5.02 Å². The van der Waals surface area contributed by atoms with Gasteiger partial charge in [0.1, 0.15) is 11.6 Å². The third-order valence-electron chi connectivity index (χ3n) is 4.29. The Hall–Kier alpha value is -3.73. The number of rotatable bonds is 5. The summed E-state index contributed by atoms with van der Waals surface area (Å²) in [5.74, 6) is -3.68. The number of hydrogen-bond acceptors (Lipinski definition) is 4. The van der Waals surface area contributed by atoms with E-state index in [-0.39, 0.29) is 33.8 Å². The number of nitrogens with one attached hydrogen (secondary N) is 3.